The predicted octanol–water partition coefficient (Wildman–Crippen LogP) is 1.29. The number of carbonyl (C=O) groups is 1. The third kappa shape index (κ3) is 3.33. The van der Waals surface area contributed by atoms with Crippen LogP contribution in [0.4, 0.5) is 17.6 Å². The largest absolute Gasteiger partial charge is 0.481 e. The van der Waals surface area contributed by atoms with Gasteiger partial charge in [0.05, 0.1) is 5.92 Å². The highest BCUT2D eigenvalue weighted by Gasteiger charge is 2.42. The first-order chi connectivity index (χ1) is 6.80. The van der Waals surface area contributed by atoms with E-state index in [1.165, 1.54) is 4.90 Å². The van der Waals surface area contributed by atoms with Crippen LogP contribution in [0.2, 0.25) is 0 Å². The fourth-order valence-corrected chi connectivity index (χ4v) is 1.53. The molecule has 1 heterocycles. The first-order valence-corrected chi connectivity index (χ1v) is 4.46. The van der Waals surface area contributed by atoms with Crippen molar-refractivity contribution in [2.45, 2.75) is 18.8 Å². The Labute approximate surface area is 83.7 Å². The number of hydrogen-bond donors (Lipinski definition) is 1. The lowest BCUT2D eigenvalue weighted by molar-refractivity contribution is -0.184. The molecule has 2 unspecified atom stereocenters. The Morgan fingerprint density at radius 2 is 2.13 bits per heavy atom. The number of alkyl halides is 4. The van der Waals surface area contributed by atoms with Gasteiger partial charge in [-0.2, -0.15) is 13.2 Å². The number of hydrogen-bond acceptors (Lipinski definition) is 2. The van der Waals surface area contributed by atoms with E-state index in [1.54, 1.807) is 0 Å². The molecule has 0 aromatic rings. The van der Waals surface area contributed by atoms with E-state index in [9.17, 15) is 22.4 Å². The lowest BCUT2D eigenvalue weighted by atomic mass is 10.1. The molecule has 0 aliphatic carbocycles. The maximum Gasteiger partial charge on any atom is 0.420 e. The summed E-state index contributed by atoms with van der Waals surface area (Å²) in [5.41, 5.74) is 0. The minimum atomic E-state index is -4.86. The van der Waals surface area contributed by atoms with Gasteiger partial charge in [0.2, 0.25) is 6.17 Å². The average Bonchev–Trinajstić information content (AvgIpc) is 2.50. The van der Waals surface area contributed by atoms with E-state index in [0.717, 1.165) is 0 Å². The molecule has 0 radical (unpaired) electrons. The van der Waals surface area contributed by atoms with E-state index in [-0.39, 0.29) is 19.5 Å². The maximum absolute atomic E-state index is 12.6. The van der Waals surface area contributed by atoms with Crippen molar-refractivity contribution in [3.05, 3.63) is 0 Å². The molecule has 7 heteroatoms. The molecule has 0 amide bonds. The second-order valence-electron chi connectivity index (χ2n) is 3.59. The topological polar surface area (TPSA) is 40.5 Å². The fraction of sp³-hybridized carbons (Fsp3) is 0.875. The molecule has 0 aromatic carbocycles. The van der Waals surface area contributed by atoms with Crippen LogP contribution in [-0.2, 0) is 4.79 Å². The van der Waals surface area contributed by atoms with Gasteiger partial charge in [-0.3, -0.25) is 9.69 Å². The van der Waals surface area contributed by atoms with Gasteiger partial charge >= 0.3 is 12.1 Å². The van der Waals surface area contributed by atoms with Crippen LogP contribution in [0.3, 0.4) is 0 Å². The summed E-state index contributed by atoms with van der Waals surface area (Å²) in [6.45, 7) is -0.577. The van der Waals surface area contributed by atoms with Crippen molar-refractivity contribution in [2.75, 3.05) is 19.6 Å². The number of halogens is 4. The number of rotatable bonds is 3. The number of carboxylic acid groups (broad SMARTS) is 1. The highest BCUT2D eigenvalue weighted by molar-refractivity contribution is 5.70. The van der Waals surface area contributed by atoms with Crippen LogP contribution in [0.1, 0.15) is 6.42 Å². The number of aliphatic carboxylic acids is 1. The smallest absolute Gasteiger partial charge is 0.420 e. The second-order valence-corrected chi connectivity index (χ2v) is 3.59. The Morgan fingerprint density at radius 3 is 2.53 bits per heavy atom. The molecule has 88 valence electrons. The van der Waals surface area contributed by atoms with E-state index >= 15 is 0 Å². The highest BCUT2D eigenvalue weighted by Crippen LogP contribution is 2.25. The Morgan fingerprint density at radius 1 is 1.53 bits per heavy atom. The quantitative estimate of drug-likeness (QED) is 0.741. The molecule has 2 atom stereocenters. The number of likely N-dealkylation sites (tertiary alicyclic amines) is 1. The van der Waals surface area contributed by atoms with Gasteiger partial charge in [0, 0.05) is 13.1 Å². The molecular weight excluding hydrogens is 218 g/mol. The van der Waals surface area contributed by atoms with Crippen molar-refractivity contribution < 1.29 is 27.5 Å². The van der Waals surface area contributed by atoms with Gasteiger partial charge in [-0.1, -0.05) is 0 Å². The molecule has 15 heavy (non-hydrogen) atoms. The summed E-state index contributed by atoms with van der Waals surface area (Å²) < 4.78 is 48.1. The van der Waals surface area contributed by atoms with Crippen molar-refractivity contribution in [1.29, 1.82) is 0 Å². The molecule has 1 rings (SSSR count). The molecule has 0 bridgehead atoms. The van der Waals surface area contributed by atoms with E-state index in [2.05, 4.69) is 0 Å². The molecule has 3 nitrogen and oxygen atoms in total. The zero-order chi connectivity index (χ0) is 11.6. The Kier molecular flexibility index (Phi) is 3.54. The van der Waals surface area contributed by atoms with Crippen LogP contribution < -0.4 is 0 Å². The van der Waals surface area contributed by atoms with Gasteiger partial charge in [0.25, 0.3) is 0 Å². The Bertz CT molecular complexity index is 243. The highest BCUT2D eigenvalue weighted by atomic mass is 19.4. The summed E-state index contributed by atoms with van der Waals surface area (Å²) in [4.78, 5) is 11.7. The minimum absolute atomic E-state index is 0.00810. The van der Waals surface area contributed by atoms with Crippen LogP contribution >= 0.6 is 0 Å². The minimum Gasteiger partial charge on any atom is -0.481 e. The van der Waals surface area contributed by atoms with Crippen LogP contribution in [-0.4, -0.2) is 48.0 Å². The third-order valence-electron chi connectivity index (χ3n) is 2.40. The van der Waals surface area contributed by atoms with Crippen LogP contribution in [0.5, 0.6) is 0 Å². The molecule has 0 saturated carbocycles. The summed E-state index contributed by atoms with van der Waals surface area (Å²) in [6.07, 6.45) is -7.48. The summed E-state index contributed by atoms with van der Waals surface area (Å²) in [7, 11) is 0. The maximum atomic E-state index is 12.6. The third-order valence-corrected chi connectivity index (χ3v) is 2.40. The first kappa shape index (κ1) is 12.2. The van der Waals surface area contributed by atoms with E-state index in [1.807, 2.05) is 0 Å². The molecule has 1 saturated heterocycles. The monoisotopic (exact) mass is 229 g/mol. The van der Waals surface area contributed by atoms with Crippen LogP contribution in [0, 0.1) is 5.92 Å². The first-order valence-electron chi connectivity index (χ1n) is 4.46. The van der Waals surface area contributed by atoms with Gasteiger partial charge in [0.1, 0.15) is 0 Å². The lowest BCUT2D eigenvalue weighted by Crippen LogP contribution is -2.37. The van der Waals surface area contributed by atoms with Gasteiger partial charge in [-0.25, -0.2) is 4.39 Å². The molecule has 1 fully saturated rings. The van der Waals surface area contributed by atoms with Crippen molar-refractivity contribution in [3.8, 4) is 0 Å². The normalized spacial score (nSPS) is 25.5. The Balaban J connectivity index is 2.39. The van der Waals surface area contributed by atoms with Crippen LogP contribution in [0.25, 0.3) is 0 Å². The average molecular weight is 229 g/mol. The molecular formula is C8H11F4NO2. The summed E-state index contributed by atoms with van der Waals surface area (Å²) in [6, 6.07) is 0. The SMILES string of the molecule is O=C(O)C1CCN(CC(F)C(F)(F)F)C1. The predicted molar refractivity (Wildman–Crippen MR) is 43.1 cm³/mol. The zero-order valence-electron chi connectivity index (χ0n) is 7.80. The van der Waals surface area contributed by atoms with Gasteiger partial charge < -0.3 is 5.11 Å². The summed E-state index contributed by atoms with van der Waals surface area (Å²) >= 11 is 0. The lowest BCUT2D eigenvalue weighted by Gasteiger charge is -2.19. The van der Waals surface area contributed by atoms with Gasteiger partial charge in [-0.05, 0) is 13.0 Å². The summed E-state index contributed by atoms with van der Waals surface area (Å²) in [5.74, 6) is -1.72. The number of carboxylic acids is 1. The van der Waals surface area contributed by atoms with Crippen molar-refractivity contribution in [3.63, 3.8) is 0 Å². The van der Waals surface area contributed by atoms with Crippen LogP contribution in [0.15, 0.2) is 0 Å². The fourth-order valence-electron chi connectivity index (χ4n) is 1.53. The second kappa shape index (κ2) is 4.34. The number of nitrogens with zero attached hydrogens (tertiary/aromatic N) is 1. The standard InChI is InChI=1S/C8H11F4NO2/c9-6(8(10,11)12)4-13-2-1-5(3-13)7(14)15/h5-6H,1-4H2,(H,14,15). The van der Waals surface area contributed by atoms with Gasteiger partial charge in [0.15, 0.2) is 0 Å². The van der Waals surface area contributed by atoms with E-state index in [0.29, 0.717) is 0 Å². The van der Waals surface area contributed by atoms with Gasteiger partial charge in [-0.15, -0.1) is 0 Å². The van der Waals surface area contributed by atoms with Crippen molar-refractivity contribution in [1.82, 2.24) is 4.90 Å². The molecule has 1 aliphatic rings. The molecule has 1 N–H and O–H groups in total. The molecule has 0 spiro atoms. The molecule has 1 aliphatic heterocycles. The Hall–Kier alpha value is -0.850. The zero-order valence-corrected chi connectivity index (χ0v) is 7.80. The van der Waals surface area contributed by atoms with Crippen molar-refractivity contribution in [2.24, 2.45) is 5.92 Å². The van der Waals surface area contributed by atoms with E-state index < -0.39 is 30.8 Å². The van der Waals surface area contributed by atoms with E-state index in [4.69, 9.17) is 5.11 Å². The summed E-state index contributed by atoms with van der Waals surface area (Å²) in [5, 5.41) is 8.58. The molecule has 0 aromatic heterocycles. The van der Waals surface area contributed by atoms with Crippen molar-refractivity contribution >= 4 is 5.97 Å².